The Labute approximate surface area is 190 Å². The summed E-state index contributed by atoms with van der Waals surface area (Å²) in [4.78, 5) is 6.69. The molecule has 0 saturated carbocycles. The van der Waals surface area contributed by atoms with Gasteiger partial charge in [-0.15, -0.1) is 24.0 Å². The molecule has 0 radical (unpaired) electrons. The van der Waals surface area contributed by atoms with Crippen LogP contribution in [0.5, 0.6) is 0 Å². The maximum absolute atomic E-state index is 13.8. The number of fused-ring (bicyclic) bond motifs is 2. The third-order valence-electron chi connectivity index (χ3n) is 5.83. The quantitative estimate of drug-likeness (QED) is 0.331. The van der Waals surface area contributed by atoms with Crippen LogP contribution in [-0.2, 0) is 9.84 Å². The first-order valence-electron chi connectivity index (χ1n) is 10.1. The van der Waals surface area contributed by atoms with E-state index in [0.29, 0.717) is 30.6 Å². The fourth-order valence-corrected chi connectivity index (χ4v) is 5.53. The Kier molecular flexibility index (Phi) is 9.15. The van der Waals surface area contributed by atoms with Crippen molar-refractivity contribution in [3.8, 4) is 0 Å². The lowest BCUT2D eigenvalue weighted by molar-refractivity contribution is 0.0526. The lowest BCUT2D eigenvalue weighted by Crippen LogP contribution is -2.56. The third-order valence-corrected chi connectivity index (χ3v) is 7.55. The molecule has 2 aliphatic heterocycles. The average Bonchev–Trinajstić information content (AvgIpc) is 2.63. The Morgan fingerprint density at radius 1 is 1.24 bits per heavy atom. The molecular formula is C20H32FIN4O2S. The van der Waals surface area contributed by atoms with Crippen LogP contribution in [0.2, 0.25) is 0 Å². The van der Waals surface area contributed by atoms with E-state index in [-0.39, 0.29) is 41.2 Å². The summed E-state index contributed by atoms with van der Waals surface area (Å²) >= 11 is 0. The second-order valence-corrected chi connectivity index (χ2v) is 9.80. The second kappa shape index (κ2) is 10.9. The van der Waals surface area contributed by atoms with Gasteiger partial charge in [0, 0.05) is 24.7 Å². The molecule has 6 nitrogen and oxygen atoms in total. The molecular weight excluding hydrogens is 506 g/mol. The molecule has 0 amide bonds. The van der Waals surface area contributed by atoms with Crippen LogP contribution >= 0.6 is 24.0 Å². The Morgan fingerprint density at radius 3 is 2.52 bits per heavy atom. The summed E-state index contributed by atoms with van der Waals surface area (Å²) < 4.78 is 38.6. The van der Waals surface area contributed by atoms with Crippen LogP contribution in [-0.4, -0.2) is 63.3 Å². The highest BCUT2D eigenvalue weighted by molar-refractivity contribution is 14.0. The number of halogens is 2. The fourth-order valence-electron chi connectivity index (χ4n) is 4.33. The van der Waals surface area contributed by atoms with E-state index in [0.717, 1.165) is 12.8 Å². The summed E-state index contributed by atoms with van der Waals surface area (Å²) in [5.74, 6) is -0.295. The largest absolute Gasteiger partial charge is 0.357 e. The third kappa shape index (κ3) is 6.27. The molecule has 29 heavy (non-hydrogen) atoms. The van der Waals surface area contributed by atoms with Crippen molar-refractivity contribution in [1.29, 1.82) is 0 Å². The highest BCUT2D eigenvalue weighted by Gasteiger charge is 2.36. The molecule has 2 aliphatic rings. The summed E-state index contributed by atoms with van der Waals surface area (Å²) in [6.07, 6.45) is 5.92. The molecule has 1 aromatic carbocycles. The highest BCUT2D eigenvalue weighted by atomic mass is 127. The van der Waals surface area contributed by atoms with Crippen molar-refractivity contribution in [1.82, 2.24) is 15.5 Å². The molecule has 2 atom stereocenters. The zero-order chi connectivity index (χ0) is 20.1. The summed E-state index contributed by atoms with van der Waals surface area (Å²) in [5.41, 5.74) is 0. The number of aliphatic imine (C=N–C) groups is 1. The van der Waals surface area contributed by atoms with Gasteiger partial charge in [-0.2, -0.15) is 0 Å². The molecule has 164 valence electrons. The molecule has 2 N–H and O–H groups in total. The smallest absolute Gasteiger partial charge is 0.191 e. The van der Waals surface area contributed by atoms with Crippen LogP contribution in [0, 0.1) is 5.82 Å². The molecule has 0 aromatic heterocycles. The number of nitrogens with one attached hydrogen (secondary N) is 2. The van der Waals surface area contributed by atoms with Crippen LogP contribution < -0.4 is 10.6 Å². The summed E-state index contributed by atoms with van der Waals surface area (Å²) in [6.45, 7) is 2.77. The minimum Gasteiger partial charge on any atom is -0.357 e. The van der Waals surface area contributed by atoms with Gasteiger partial charge < -0.3 is 15.5 Å². The Hall–Kier alpha value is -0.940. The minimum absolute atomic E-state index is 0. The van der Waals surface area contributed by atoms with Gasteiger partial charge in [0.05, 0.1) is 12.3 Å². The number of guanidine groups is 1. The maximum atomic E-state index is 13.8. The van der Waals surface area contributed by atoms with Crippen molar-refractivity contribution < 1.29 is 12.8 Å². The number of piperidine rings is 2. The summed E-state index contributed by atoms with van der Waals surface area (Å²) in [6, 6.07) is 7.03. The molecule has 0 spiro atoms. The normalized spacial score (nSPS) is 25.2. The number of hydrogen-bond donors (Lipinski definition) is 2. The fraction of sp³-hybridized carbons (Fsp3) is 0.650. The van der Waals surface area contributed by atoms with Gasteiger partial charge in [-0.05, 0) is 51.8 Å². The van der Waals surface area contributed by atoms with Crippen molar-refractivity contribution in [2.75, 3.05) is 25.9 Å². The van der Waals surface area contributed by atoms with Gasteiger partial charge in [-0.25, -0.2) is 12.8 Å². The lowest BCUT2D eigenvalue weighted by Gasteiger charge is -2.47. The van der Waals surface area contributed by atoms with Gasteiger partial charge >= 0.3 is 0 Å². The van der Waals surface area contributed by atoms with Crippen molar-refractivity contribution in [2.45, 2.75) is 62.0 Å². The molecule has 2 bridgehead atoms. The van der Waals surface area contributed by atoms with Crippen LogP contribution in [0.1, 0.15) is 39.0 Å². The number of nitrogens with zero attached hydrogens (tertiary/aromatic N) is 2. The van der Waals surface area contributed by atoms with Gasteiger partial charge in [0.1, 0.15) is 10.7 Å². The van der Waals surface area contributed by atoms with Gasteiger partial charge in [-0.1, -0.05) is 18.6 Å². The Balaban J connectivity index is 0.00000300. The number of benzene rings is 1. The van der Waals surface area contributed by atoms with E-state index in [2.05, 4.69) is 27.6 Å². The first-order valence-corrected chi connectivity index (χ1v) is 11.8. The average molecular weight is 538 g/mol. The number of sulfone groups is 1. The van der Waals surface area contributed by atoms with E-state index in [9.17, 15) is 12.8 Å². The van der Waals surface area contributed by atoms with Crippen LogP contribution in [0.4, 0.5) is 4.39 Å². The first kappa shape index (κ1) is 24.3. The predicted molar refractivity (Wildman–Crippen MR) is 125 cm³/mol. The molecule has 2 unspecified atom stereocenters. The summed E-state index contributed by atoms with van der Waals surface area (Å²) in [7, 11) is -1.48. The van der Waals surface area contributed by atoms with Crippen LogP contribution in [0.15, 0.2) is 34.2 Å². The Bertz CT molecular complexity index is 791. The standard InChI is InChI=1S/C20H31FN4O2S.HI/c1-3-22-20(24-15-13-16-7-6-8-17(14-15)25(16)2)23-11-12-28(26,27)19-10-5-4-9-18(19)21;/h4-5,9-10,15-17H,3,6-8,11-14H2,1-2H3,(H2,22,23,24);1H. The monoisotopic (exact) mass is 538 g/mol. The number of hydrogen-bond acceptors (Lipinski definition) is 4. The van der Waals surface area contributed by atoms with Gasteiger partial charge in [0.25, 0.3) is 0 Å². The molecule has 1 aromatic rings. The zero-order valence-electron chi connectivity index (χ0n) is 17.1. The summed E-state index contributed by atoms with van der Waals surface area (Å²) in [5, 5.41) is 6.69. The molecule has 9 heteroatoms. The van der Waals surface area contributed by atoms with E-state index in [1.54, 1.807) is 0 Å². The van der Waals surface area contributed by atoms with Gasteiger partial charge in [0.15, 0.2) is 15.8 Å². The van der Waals surface area contributed by atoms with E-state index in [1.807, 2.05) is 6.92 Å². The molecule has 2 fully saturated rings. The highest BCUT2D eigenvalue weighted by Crippen LogP contribution is 2.32. The second-order valence-electron chi connectivity index (χ2n) is 7.73. The molecule has 0 aliphatic carbocycles. The van der Waals surface area contributed by atoms with Gasteiger partial charge in [-0.3, -0.25) is 4.99 Å². The Morgan fingerprint density at radius 2 is 1.90 bits per heavy atom. The molecule has 2 heterocycles. The topological polar surface area (TPSA) is 73.8 Å². The number of rotatable bonds is 6. The van der Waals surface area contributed by atoms with Crippen molar-refractivity contribution in [3.05, 3.63) is 30.1 Å². The van der Waals surface area contributed by atoms with E-state index in [4.69, 9.17) is 0 Å². The van der Waals surface area contributed by atoms with Gasteiger partial charge in [0.2, 0.25) is 0 Å². The van der Waals surface area contributed by atoms with Crippen LogP contribution in [0.3, 0.4) is 0 Å². The SMILES string of the molecule is CCNC(=NCCS(=O)(=O)c1ccccc1F)NC1CC2CCCC(C1)N2C.I. The molecule has 3 rings (SSSR count). The van der Waals surface area contributed by atoms with E-state index < -0.39 is 15.7 Å². The van der Waals surface area contributed by atoms with E-state index >= 15 is 0 Å². The predicted octanol–water partition coefficient (Wildman–Crippen LogP) is 2.79. The zero-order valence-corrected chi connectivity index (χ0v) is 20.3. The van der Waals surface area contributed by atoms with E-state index in [1.165, 1.54) is 43.5 Å². The molecule has 2 saturated heterocycles. The first-order chi connectivity index (χ1) is 13.4. The minimum atomic E-state index is -3.70. The maximum Gasteiger partial charge on any atom is 0.191 e. The van der Waals surface area contributed by atoms with Crippen LogP contribution in [0.25, 0.3) is 0 Å². The van der Waals surface area contributed by atoms with Crippen molar-refractivity contribution in [2.24, 2.45) is 4.99 Å². The van der Waals surface area contributed by atoms with Crippen molar-refractivity contribution >= 4 is 39.8 Å². The van der Waals surface area contributed by atoms with Crippen molar-refractivity contribution in [3.63, 3.8) is 0 Å². The lowest BCUT2D eigenvalue weighted by atomic mass is 9.82.